The van der Waals surface area contributed by atoms with Crippen molar-refractivity contribution >= 4 is 0 Å². The molecule has 0 atom stereocenters. The maximum atomic E-state index is 5.61. The highest BCUT2D eigenvalue weighted by Gasteiger charge is 2.22. The van der Waals surface area contributed by atoms with Crippen molar-refractivity contribution in [2.24, 2.45) is 0 Å². The normalized spacial score (nSPS) is 10.6. The fraction of sp³-hybridized carbons (Fsp3) is 0.192. The summed E-state index contributed by atoms with van der Waals surface area (Å²) in [5, 5.41) is 0. The van der Waals surface area contributed by atoms with Gasteiger partial charge in [-0.05, 0) is 36.4 Å². The molecule has 0 N–H and O–H groups in total. The van der Waals surface area contributed by atoms with Gasteiger partial charge in [0, 0.05) is 22.9 Å². The van der Waals surface area contributed by atoms with Crippen molar-refractivity contribution in [1.82, 2.24) is 9.55 Å². The topological polar surface area (TPSA) is 64.0 Å². The Hall–Kier alpha value is -4.13. The van der Waals surface area contributed by atoms with Crippen LogP contribution in [-0.2, 0) is 0 Å². The van der Waals surface area contributed by atoms with Crippen molar-refractivity contribution in [3.05, 3.63) is 67.0 Å². The standard InChI is InChI=1S/C26H26N2O5/c1-29-20-11-17(12-21(15-20)30-2)24-25(28(16-27-24)19-9-7-6-8-10-19)18-13-22(31-3)26(33-5)23(14-18)32-4/h6-16H,1-5H3. The number of nitrogens with zero attached hydrogens (tertiary/aromatic N) is 2. The van der Waals surface area contributed by atoms with E-state index < -0.39 is 0 Å². The minimum absolute atomic E-state index is 0.527. The van der Waals surface area contributed by atoms with E-state index in [1.54, 1.807) is 41.9 Å². The molecule has 0 bridgehead atoms. The van der Waals surface area contributed by atoms with Crippen LogP contribution in [0.1, 0.15) is 0 Å². The van der Waals surface area contributed by atoms with Gasteiger partial charge in [-0.1, -0.05) is 18.2 Å². The third-order valence-electron chi connectivity index (χ3n) is 5.36. The number of para-hydroxylation sites is 1. The third-order valence-corrected chi connectivity index (χ3v) is 5.36. The van der Waals surface area contributed by atoms with Gasteiger partial charge in [0.05, 0.1) is 46.9 Å². The molecule has 0 saturated carbocycles. The molecule has 170 valence electrons. The van der Waals surface area contributed by atoms with Gasteiger partial charge in [-0.2, -0.15) is 0 Å². The number of hydrogen-bond acceptors (Lipinski definition) is 6. The molecule has 3 aromatic carbocycles. The first-order valence-corrected chi connectivity index (χ1v) is 10.3. The first-order valence-electron chi connectivity index (χ1n) is 10.3. The Balaban J connectivity index is 2.02. The van der Waals surface area contributed by atoms with Gasteiger partial charge < -0.3 is 23.7 Å². The van der Waals surface area contributed by atoms with Crippen LogP contribution in [-0.4, -0.2) is 45.1 Å². The van der Waals surface area contributed by atoms with Crippen LogP contribution in [0.4, 0.5) is 0 Å². The van der Waals surface area contributed by atoms with Gasteiger partial charge in [-0.15, -0.1) is 0 Å². The van der Waals surface area contributed by atoms with Crippen molar-refractivity contribution in [3.8, 4) is 56.9 Å². The molecule has 0 amide bonds. The molecule has 0 saturated heterocycles. The Kier molecular flexibility index (Phi) is 6.40. The lowest BCUT2D eigenvalue weighted by Gasteiger charge is -2.17. The predicted octanol–water partition coefficient (Wildman–Crippen LogP) is 5.25. The summed E-state index contributed by atoms with van der Waals surface area (Å²) in [6.45, 7) is 0. The smallest absolute Gasteiger partial charge is 0.203 e. The summed E-state index contributed by atoms with van der Waals surface area (Å²) in [4.78, 5) is 4.78. The maximum Gasteiger partial charge on any atom is 0.203 e. The number of rotatable bonds is 8. The average molecular weight is 447 g/mol. The van der Waals surface area contributed by atoms with E-state index in [0.29, 0.717) is 28.7 Å². The summed E-state index contributed by atoms with van der Waals surface area (Å²) >= 11 is 0. The number of methoxy groups -OCH3 is 5. The zero-order chi connectivity index (χ0) is 23.4. The first-order chi connectivity index (χ1) is 16.1. The van der Waals surface area contributed by atoms with E-state index in [0.717, 1.165) is 28.2 Å². The molecule has 0 spiro atoms. The fourth-order valence-corrected chi connectivity index (χ4v) is 3.78. The van der Waals surface area contributed by atoms with Gasteiger partial charge in [-0.25, -0.2) is 4.98 Å². The monoisotopic (exact) mass is 446 g/mol. The molecule has 0 radical (unpaired) electrons. The van der Waals surface area contributed by atoms with Crippen molar-refractivity contribution in [2.75, 3.05) is 35.5 Å². The molecule has 1 heterocycles. The van der Waals surface area contributed by atoms with Crippen molar-refractivity contribution in [1.29, 1.82) is 0 Å². The summed E-state index contributed by atoms with van der Waals surface area (Å²) in [6, 6.07) is 19.5. The van der Waals surface area contributed by atoms with Crippen LogP contribution in [0.15, 0.2) is 67.0 Å². The molecule has 4 aromatic rings. The van der Waals surface area contributed by atoms with E-state index in [4.69, 9.17) is 28.7 Å². The molecule has 7 nitrogen and oxygen atoms in total. The lowest BCUT2D eigenvalue weighted by atomic mass is 10.0. The molecule has 0 unspecified atom stereocenters. The Morgan fingerprint density at radius 3 is 1.76 bits per heavy atom. The Morgan fingerprint density at radius 2 is 1.24 bits per heavy atom. The predicted molar refractivity (Wildman–Crippen MR) is 127 cm³/mol. The third kappa shape index (κ3) is 4.17. The second-order valence-electron chi connectivity index (χ2n) is 7.16. The minimum atomic E-state index is 0.527. The summed E-state index contributed by atoms with van der Waals surface area (Å²) in [5.41, 5.74) is 4.28. The summed E-state index contributed by atoms with van der Waals surface area (Å²) in [5.74, 6) is 2.99. The lowest BCUT2D eigenvalue weighted by Crippen LogP contribution is -1.99. The molecule has 0 fully saturated rings. The second-order valence-corrected chi connectivity index (χ2v) is 7.16. The van der Waals surface area contributed by atoms with Gasteiger partial charge in [0.2, 0.25) is 5.75 Å². The van der Waals surface area contributed by atoms with Crippen molar-refractivity contribution in [2.45, 2.75) is 0 Å². The molecule has 0 aliphatic rings. The molecule has 0 aliphatic carbocycles. The number of aromatic nitrogens is 2. The number of imidazole rings is 1. The number of hydrogen-bond donors (Lipinski definition) is 0. The molecular weight excluding hydrogens is 420 g/mol. The highest BCUT2D eigenvalue weighted by molar-refractivity contribution is 5.83. The molecule has 0 aliphatic heterocycles. The highest BCUT2D eigenvalue weighted by Crippen LogP contribution is 2.44. The second kappa shape index (κ2) is 9.56. The van der Waals surface area contributed by atoms with Gasteiger partial charge >= 0.3 is 0 Å². The van der Waals surface area contributed by atoms with E-state index >= 15 is 0 Å². The summed E-state index contributed by atoms with van der Waals surface area (Å²) in [7, 11) is 8.04. The zero-order valence-electron chi connectivity index (χ0n) is 19.3. The summed E-state index contributed by atoms with van der Waals surface area (Å²) in [6.07, 6.45) is 1.80. The van der Waals surface area contributed by atoms with Crippen LogP contribution < -0.4 is 23.7 Å². The van der Waals surface area contributed by atoms with Crippen LogP contribution in [0.3, 0.4) is 0 Å². The Bertz CT molecular complexity index is 1200. The Morgan fingerprint density at radius 1 is 0.636 bits per heavy atom. The van der Waals surface area contributed by atoms with Crippen LogP contribution in [0.5, 0.6) is 28.7 Å². The Labute approximate surface area is 193 Å². The highest BCUT2D eigenvalue weighted by atomic mass is 16.5. The van der Waals surface area contributed by atoms with E-state index in [-0.39, 0.29) is 0 Å². The molecule has 7 heteroatoms. The number of ether oxygens (including phenoxy) is 5. The molecule has 33 heavy (non-hydrogen) atoms. The van der Waals surface area contributed by atoms with Gasteiger partial charge in [0.25, 0.3) is 0 Å². The minimum Gasteiger partial charge on any atom is -0.497 e. The van der Waals surface area contributed by atoms with E-state index in [1.807, 2.05) is 65.2 Å². The van der Waals surface area contributed by atoms with Crippen LogP contribution >= 0.6 is 0 Å². The van der Waals surface area contributed by atoms with Crippen molar-refractivity contribution < 1.29 is 23.7 Å². The quantitative estimate of drug-likeness (QED) is 0.368. The fourth-order valence-electron chi connectivity index (χ4n) is 3.78. The van der Waals surface area contributed by atoms with Crippen LogP contribution in [0.2, 0.25) is 0 Å². The zero-order valence-corrected chi connectivity index (χ0v) is 19.3. The van der Waals surface area contributed by atoms with Gasteiger partial charge in [0.1, 0.15) is 17.8 Å². The summed E-state index contributed by atoms with van der Waals surface area (Å²) < 4.78 is 29.7. The molecule has 1 aromatic heterocycles. The van der Waals surface area contributed by atoms with E-state index in [9.17, 15) is 0 Å². The maximum absolute atomic E-state index is 5.61. The average Bonchev–Trinajstić information content (AvgIpc) is 3.33. The van der Waals surface area contributed by atoms with E-state index in [1.165, 1.54) is 0 Å². The lowest BCUT2D eigenvalue weighted by molar-refractivity contribution is 0.324. The first kappa shape index (κ1) is 22.1. The number of benzene rings is 3. The molecule has 4 rings (SSSR count). The van der Waals surface area contributed by atoms with E-state index in [2.05, 4.69) is 0 Å². The largest absolute Gasteiger partial charge is 0.497 e. The van der Waals surface area contributed by atoms with Crippen LogP contribution in [0, 0.1) is 0 Å². The van der Waals surface area contributed by atoms with Gasteiger partial charge in [-0.3, -0.25) is 4.57 Å². The SMILES string of the molecule is COc1cc(OC)cc(-c2ncn(-c3ccccc3)c2-c2cc(OC)c(OC)c(OC)c2)c1. The van der Waals surface area contributed by atoms with Crippen LogP contribution in [0.25, 0.3) is 28.2 Å². The molecular formula is C26H26N2O5. The van der Waals surface area contributed by atoms with Crippen molar-refractivity contribution in [3.63, 3.8) is 0 Å². The van der Waals surface area contributed by atoms with Gasteiger partial charge in [0.15, 0.2) is 11.5 Å².